The van der Waals surface area contributed by atoms with Gasteiger partial charge in [-0.25, -0.2) is 14.9 Å². The third-order valence-corrected chi connectivity index (χ3v) is 4.67. The lowest BCUT2D eigenvalue weighted by Gasteiger charge is -2.24. The van der Waals surface area contributed by atoms with Crippen molar-refractivity contribution in [2.75, 3.05) is 16.4 Å². The van der Waals surface area contributed by atoms with Crippen LogP contribution < -0.4 is 22.1 Å². The van der Waals surface area contributed by atoms with Crippen LogP contribution in [0.15, 0.2) is 73.1 Å². The third-order valence-electron chi connectivity index (χ3n) is 4.67. The highest BCUT2D eigenvalue weighted by Crippen LogP contribution is 2.34. The van der Waals surface area contributed by atoms with Crippen LogP contribution in [0.1, 0.15) is 20.7 Å². The molecule has 0 saturated heterocycles. The summed E-state index contributed by atoms with van der Waals surface area (Å²) < 4.78 is 0. The summed E-state index contributed by atoms with van der Waals surface area (Å²) in [5.41, 5.74) is 18.5. The zero-order chi connectivity index (χ0) is 21.3. The monoisotopic (exact) mass is 398 g/mol. The van der Waals surface area contributed by atoms with E-state index in [-0.39, 0.29) is 34.1 Å². The van der Waals surface area contributed by atoms with Gasteiger partial charge in [0.25, 0.3) is 5.91 Å². The highest BCUT2D eigenvalue weighted by atomic mass is 16.2. The average Bonchev–Trinajstić information content (AvgIpc) is 2.75. The van der Waals surface area contributed by atoms with E-state index in [1.54, 1.807) is 42.5 Å². The third kappa shape index (κ3) is 3.16. The Bertz CT molecular complexity index is 1240. The molecular weight excluding hydrogens is 380 g/mol. The molecule has 8 heteroatoms. The SMILES string of the molecule is NC(=O)c1ccc2ccccc2c1C(=O)N(c1ncccc1N)c1ncccc1N. The van der Waals surface area contributed by atoms with Gasteiger partial charge in [-0.2, -0.15) is 0 Å². The van der Waals surface area contributed by atoms with Gasteiger partial charge in [0.2, 0.25) is 5.91 Å². The van der Waals surface area contributed by atoms with Crippen molar-refractivity contribution in [1.82, 2.24) is 9.97 Å². The summed E-state index contributed by atoms with van der Waals surface area (Å²) in [6.45, 7) is 0. The lowest BCUT2D eigenvalue weighted by atomic mass is 9.97. The molecule has 0 aliphatic rings. The van der Waals surface area contributed by atoms with Crippen LogP contribution in [0.2, 0.25) is 0 Å². The van der Waals surface area contributed by atoms with Crippen LogP contribution in [-0.2, 0) is 0 Å². The first-order valence-electron chi connectivity index (χ1n) is 9.06. The molecule has 0 spiro atoms. The summed E-state index contributed by atoms with van der Waals surface area (Å²) in [4.78, 5) is 35.8. The first-order chi connectivity index (χ1) is 14.5. The van der Waals surface area contributed by atoms with Gasteiger partial charge >= 0.3 is 0 Å². The molecule has 30 heavy (non-hydrogen) atoms. The smallest absolute Gasteiger partial charge is 0.266 e. The number of nitrogen functional groups attached to an aromatic ring is 2. The number of nitrogens with two attached hydrogens (primary N) is 3. The maximum absolute atomic E-state index is 13.9. The van der Waals surface area contributed by atoms with Crippen molar-refractivity contribution in [3.05, 3.63) is 84.2 Å². The van der Waals surface area contributed by atoms with Crippen LogP contribution in [0.25, 0.3) is 10.8 Å². The zero-order valence-electron chi connectivity index (χ0n) is 15.8. The number of aromatic nitrogens is 2. The molecule has 2 amide bonds. The minimum Gasteiger partial charge on any atom is -0.396 e. The molecule has 0 aliphatic heterocycles. The molecule has 2 heterocycles. The van der Waals surface area contributed by atoms with Crippen LogP contribution in [0.3, 0.4) is 0 Å². The number of rotatable bonds is 4. The molecule has 4 aromatic rings. The molecule has 148 valence electrons. The number of fused-ring (bicyclic) bond motifs is 1. The minimum absolute atomic E-state index is 0.0766. The van der Waals surface area contributed by atoms with E-state index in [9.17, 15) is 9.59 Å². The van der Waals surface area contributed by atoms with Crippen molar-refractivity contribution in [3.8, 4) is 0 Å². The van der Waals surface area contributed by atoms with Crippen LogP contribution in [0.4, 0.5) is 23.0 Å². The van der Waals surface area contributed by atoms with Crippen molar-refractivity contribution >= 4 is 45.6 Å². The second kappa shape index (κ2) is 7.51. The molecule has 2 aromatic carbocycles. The van der Waals surface area contributed by atoms with E-state index < -0.39 is 11.8 Å². The van der Waals surface area contributed by atoms with E-state index in [4.69, 9.17) is 17.2 Å². The van der Waals surface area contributed by atoms with Gasteiger partial charge in [-0.15, -0.1) is 0 Å². The standard InChI is InChI=1S/C22H18N6O2/c23-16-7-3-11-26-20(16)28(21-17(24)8-4-12-27-21)22(30)18-14-6-2-1-5-13(14)9-10-15(18)19(25)29/h1-12H,23-24H2,(H2,25,29). The molecule has 8 nitrogen and oxygen atoms in total. The summed E-state index contributed by atoms with van der Waals surface area (Å²) in [6, 6.07) is 17.0. The van der Waals surface area contributed by atoms with Crippen molar-refractivity contribution in [2.24, 2.45) is 5.73 Å². The van der Waals surface area contributed by atoms with Gasteiger partial charge in [-0.05, 0) is 41.1 Å². The predicted octanol–water partition coefficient (Wildman–Crippen LogP) is 2.87. The Kier molecular flexibility index (Phi) is 4.73. The molecule has 0 unspecified atom stereocenters. The molecule has 2 aromatic heterocycles. The van der Waals surface area contributed by atoms with E-state index in [0.717, 1.165) is 5.39 Å². The zero-order valence-corrected chi connectivity index (χ0v) is 15.8. The maximum atomic E-state index is 13.9. The highest BCUT2D eigenvalue weighted by Gasteiger charge is 2.29. The molecule has 0 fully saturated rings. The summed E-state index contributed by atoms with van der Waals surface area (Å²) in [7, 11) is 0. The van der Waals surface area contributed by atoms with Crippen LogP contribution in [0, 0.1) is 0 Å². The summed E-state index contributed by atoms with van der Waals surface area (Å²) >= 11 is 0. The van der Waals surface area contributed by atoms with Gasteiger partial charge in [0, 0.05) is 12.4 Å². The number of hydrogen-bond donors (Lipinski definition) is 3. The summed E-state index contributed by atoms with van der Waals surface area (Å²) in [6.07, 6.45) is 3.01. The number of amides is 2. The van der Waals surface area contributed by atoms with E-state index >= 15 is 0 Å². The molecule has 0 aliphatic carbocycles. The van der Waals surface area contributed by atoms with Gasteiger partial charge in [0.1, 0.15) is 0 Å². The Morgan fingerprint density at radius 3 is 1.93 bits per heavy atom. The number of benzene rings is 2. The lowest BCUT2D eigenvalue weighted by Crippen LogP contribution is -2.31. The number of carbonyl (C=O) groups excluding carboxylic acids is 2. The van der Waals surface area contributed by atoms with Gasteiger partial charge in [-0.3, -0.25) is 9.59 Å². The first kappa shape index (κ1) is 18.9. The van der Waals surface area contributed by atoms with E-state index in [0.29, 0.717) is 5.39 Å². The van der Waals surface area contributed by atoms with Crippen molar-refractivity contribution in [2.45, 2.75) is 0 Å². The number of hydrogen-bond acceptors (Lipinski definition) is 6. The second-order valence-corrected chi connectivity index (χ2v) is 6.55. The summed E-state index contributed by atoms with van der Waals surface area (Å²) in [5, 5.41) is 1.33. The van der Waals surface area contributed by atoms with Gasteiger partial charge in [-0.1, -0.05) is 30.3 Å². The van der Waals surface area contributed by atoms with Gasteiger partial charge in [0.15, 0.2) is 11.6 Å². The second-order valence-electron chi connectivity index (χ2n) is 6.55. The van der Waals surface area contributed by atoms with Crippen molar-refractivity contribution < 1.29 is 9.59 Å². The molecule has 6 N–H and O–H groups in total. The van der Waals surface area contributed by atoms with Crippen LogP contribution in [0.5, 0.6) is 0 Å². The largest absolute Gasteiger partial charge is 0.396 e. The Balaban J connectivity index is 2.03. The molecular formula is C22H18N6O2. The highest BCUT2D eigenvalue weighted by molar-refractivity contribution is 6.22. The van der Waals surface area contributed by atoms with E-state index in [1.165, 1.54) is 23.4 Å². The number of nitrogens with zero attached hydrogens (tertiary/aromatic N) is 3. The molecule has 4 rings (SSSR count). The quantitative estimate of drug-likeness (QED) is 0.483. The average molecular weight is 398 g/mol. The summed E-state index contributed by atoms with van der Waals surface area (Å²) in [5.74, 6) is -1.00. The molecule has 0 radical (unpaired) electrons. The fraction of sp³-hybridized carbons (Fsp3) is 0. The normalized spacial score (nSPS) is 10.7. The predicted molar refractivity (Wildman–Crippen MR) is 116 cm³/mol. The molecule has 0 saturated carbocycles. The van der Waals surface area contributed by atoms with E-state index in [2.05, 4.69) is 9.97 Å². The van der Waals surface area contributed by atoms with E-state index in [1.807, 2.05) is 12.1 Å². The molecule has 0 atom stereocenters. The fourth-order valence-corrected chi connectivity index (χ4v) is 3.30. The Morgan fingerprint density at radius 1 is 0.767 bits per heavy atom. The Hall–Kier alpha value is -4.46. The number of anilines is 4. The molecule has 0 bridgehead atoms. The van der Waals surface area contributed by atoms with Gasteiger partial charge < -0.3 is 17.2 Å². The lowest BCUT2D eigenvalue weighted by molar-refractivity contribution is 0.0967. The van der Waals surface area contributed by atoms with Gasteiger partial charge in [0.05, 0.1) is 22.5 Å². The number of carbonyl (C=O) groups is 2. The number of primary amides is 1. The minimum atomic E-state index is -0.730. The van der Waals surface area contributed by atoms with Crippen LogP contribution >= 0.6 is 0 Å². The van der Waals surface area contributed by atoms with Crippen molar-refractivity contribution in [3.63, 3.8) is 0 Å². The Morgan fingerprint density at radius 2 is 1.37 bits per heavy atom. The fourth-order valence-electron chi connectivity index (χ4n) is 3.30. The topological polar surface area (TPSA) is 141 Å². The Labute approximate surface area is 171 Å². The first-order valence-corrected chi connectivity index (χ1v) is 9.06. The maximum Gasteiger partial charge on any atom is 0.266 e. The number of pyridine rings is 2. The van der Waals surface area contributed by atoms with Crippen LogP contribution in [-0.4, -0.2) is 21.8 Å². The van der Waals surface area contributed by atoms with Crippen molar-refractivity contribution in [1.29, 1.82) is 0 Å².